The molecule has 1 aliphatic rings. The van der Waals surface area contributed by atoms with E-state index in [1.807, 2.05) is 12.1 Å². The van der Waals surface area contributed by atoms with Crippen LogP contribution in [0.25, 0.3) is 5.76 Å². The summed E-state index contributed by atoms with van der Waals surface area (Å²) in [4.78, 5) is 27.4. The molecule has 3 aromatic carbocycles. The molecular weight excluding hydrogens is 497 g/mol. The van der Waals surface area contributed by atoms with E-state index in [0.717, 1.165) is 10.0 Å². The van der Waals surface area contributed by atoms with Crippen LogP contribution < -0.4 is 0 Å². The van der Waals surface area contributed by atoms with Gasteiger partial charge in [-0.25, -0.2) is 4.39 Å². The maximum absolute atomic E-state index is 13.6. The molecule has 4 nitrogen and oxygen atoms in total. The molecule has 0 aromatic heterocycles. The topological polar surface area (TPSA) is 57.6 Å². The molecule has 1 saturated heterocycles. The molecule has 1 unspecified atom stereocenters. The number of aliphatic hydroxyl groups excluding tert-OH is 1. The van der Waals surface area contributed by atoms with Crippen molar-refractivity contribution in [3.05, 3.63) is 110 Å². The fourth-order valence-corrected chi connectivity index (χ4v) is 4.16. The Morgan fingerprint density at radius 2 is 1.59 bits per heavy atom. The summed E-state index contributed by atoms with van der Waals surface area (Å²) in [6.07, 6.45) is 0.486. The first-order valence-electron chi connectivity index (χ1n) is 9.89. The number of aliphatic hydroxyl groups is 1. The zero-order valence-corrected chi connectivity index (χ0v) is 19.1. The van der Waals surface area contributed by atoms with Crippen LogP contribution in [0.1, 0.15) is 22.7 Å². The number of hydrogen-bond donors (Lipinski definition) is 1. The molecule has 0 spiro atoms. The number of rotatable bonds is 5. The smallest absolute Gasteiger partial charge is 0.295 e. The van der Waals surface area contributed by atoms with Crippen LogP contribution in [0.2, 0.25) is 5.02 Å². The van der Waals surface area contributed by atoms with Gasteiger partial charge in [0.1, 0.15) is 11.6 Å². The molecule has 162 valence electrons. The Bertz CT molecular complexity index is 1190. The van der Waals surface area contributed by atoms with E-state index in [1.165, 1.54) is 29.2 Å². The lowest BCUT2D eigenvalue weighted by Crippen LogP contribution is -2.31. The van der Waals surface area contributed by atoms with Gasteiger partial charge in [-0.1, -0.05) is 63.9 Å². The van der Waals surface area contributed by atoms with E-state index in [1.54, 1.807) is 36.4 Å². The van der Waals surface area contributed by atoms with Crippen molar-refractivity contribution in [1.29, 1.82) is 0 Å². The van der Waals surface area contributed by atoms with Gasteiger partial charge < -0.3 is 10.0 Å². The van der Waals surface area contributed by atoms with Gasteiger partial charge in [-0.3, -0.25) is 9.59 Å². The van der Waals surface area contributed by atoms with Gasteiger partial charge in [0.25, 0.3) is 11.7 Å². The highest BCUT2D eigenvalue weighted by Crippen LogP contribution is 2.39. The van der Waals surface area contributed by atoms with Gasteiger partial charge in [0.2, 0.25) is 0 Å². The Balaban J connectivity index is 1.76. The third-order valence-electron chi connectivity index (χ3n) is 5.40. The van der Waals surface area contributed by atoms with Gasteiger partial charge in [0, 0.05) is 21.6 Å². The zero-order valence-electron chi connectivity index (χ0n) is 16.8. The van der Waals surface area contributed by atoms with Gasteiger partial charge in [-0.15, -0.1) is 0 Å². The molecule has 4 rings (SSSR count). The quantitative estimate of drug-likeness (QED) is 0.262. The van der Waals surface area contributed by atoms with Crippen LogP contribution in [0.5, 0.6) is 0 Å². The number of likely N-dealkylation sites (tertiary alicyclic amines) is 1. The van der Waals surface area contributed by atoms with Gasteiger partial charge >= 0.3 is 0 Å². The minimum Gasteiger partial charge on any atom is -0.507 e. The van der Waals surface area contributed by atoms with Gasteiger partial charge in [-0.2, -0.15) is 0 Å². The molecule has 7 heteroatoms. The van der Waals surface area contributed by atoms with E-state index in [0.29, 0.717) is 22.6 Å². The maximum Gasteiger partial charge on any atom is 0.295 e. The van der Waals surface area contributed by atoms with E-state index in [4.69, 9.17) is 11.6 Å². The molecule has 1 fully saturated rings. The molecule has 1 atom stereocenters. The Kier molecular flexibility index (Phi) is 6.44. The normalized spacial score (nSPS) is 17.7. The van der Waals surface area contributed by atoms with Gasteiger partial charge in [-0.05, 0) is 53.9 Å². The van der Waals surface area contributed by atoms with E-state index < -0.39 is 23.5 Å². The van der Waals surface area contributed by atoms with Crippen molar-refractivity contribution in [2.75, 3.05) is 6.54 Å². The molecule has 32 heavy (non-hydrogen) atoms. The lowest BCUT2D eigenvalue weighted by molar-refractivity contribution is -0.139. The Labute approximate surface area is 198 Å². The molecular formula is C25H18BrClFNO3. The van der Waals surface area contributed by atoms with Crippen molar-refractivity contribution in [2.45, 2.75) is 12.5 Å². The lowest BCUT2D eigenvalue weighted by atomic mass is 9.95. The summed E-state index contributed by atoms with van der Waals surface area (Å²) in [6, 6.07) is 18.8. The molecule has 1 aliphatic heterocycles. The van der Waals surface area contributed by atoms with Crippen molar-refractivity contribution < 1.29 is 19.1 Å². The summed E-state index contributed by atoms with van der Waals surface area (Å²) >= 11 is 9.28. The van der Waals surface area contributed by atoms with Crippen LogP contribution in [0.3, 0.4) is 0 Å². The van der Waals surface area contributed by atoms with Gasteiger partial charge in [0.15, 0.2) is 0 Å². The Hall–Kier alpha value is -2.96. The highest BCUT2D eigenvalue weighted by molar-refractivity contribution is 9.10. The van der Waals surface area contributed by atoms with E-state index in [2.05, 4.69) is 15.9 Å². The number of carbonyl (C=O) groups is 2. The minimum absolute atomic E-state index is 0.0139. The van der Waals surface area contributed by atoms with E-state index in [-0.39, 0.29) is 17.9 Å². The standard InChI is InChI=1S/C25H18BrClFNO3/c26-18-7-3-17(4-8-18)23(30)21-22(16-5-11-20(28)12-6-16)29(25(32)24(21)31)14-13-15-1-9-19(27)10-2-15/h1-12,22,30H,13-14H2/b23-21-. The molecule has 0 bridgehead atoms. The summed E-state index contributed by atoms with van der Waals surface area (Å²) in [6.45, 7) is 0.241. The fraction of sp³-hybridized carbons (Fsp3) is 0.120. The molecule has 0 aliphatic carbocycles. The second kappa shape index (κ2) is 9.27. The number of hydrogen-bond acceptors (Lipinski definition) is 3. The number of nitrogens with zero attached hydrogens (tertiary/aromatic N) is 1. The second-order valence-corrected chi connectivity index (χ2v) is 8.78. The number of Topliss-reactive ketones (excluding diaryl/α,β-unsaturated/α-hetero) is 1. The largest absolute Gasteiger partial charge is 0.507 e. The van der Waals surface area contributed by atoms with E-state index in [9.17, 15) is 19.1 Å². The van der Waals surface area contributed by atoms with Crippen LogP contribution in [0.15, 0.2) is 82.8 Å². The number of carbonyl (C=O) groups excluding carboxylic acids is 2. The van der Waals surface area contributed by atoms with Crippen LogP contribution in [0, 0.1) is 5.82 Å². The highest BCUT2D eigenvalue weighted by Gasteiger charge is 2.45. The molecule has 0 saturated carbocycles. The van der Waals surface area contributed by atoms with Crippen molar-refractivity contribution in [3.8, 4) is 0 Å². The molecule has 0 radical (unpaired) electrons. The van der Waals surface area contributed by atoms with Gasteiger partial charge in [0.05, 0.1) is 11.6 Å². The average Bonchev–Trinajstić information content (AvgIpc) is 3.04. The van der Waals surface area contributed by atoms with Crippen molar-refractivity contribution in [1.82, 2.24) is 4.90 Å². The third-order valence-corrected chi connectivity index (χ3v) is 6.18. The predicted molar refractivity (Wildman–Crippen MR) is 125 cm³/mol. The SMILES string of the molecule is O=C1C(=O)N(CCc2ccc(Cl)cc2)C(c2ccc(F)cc2)/C1=C(/O)c1ccc(Br)cc1. The van der Waals surface area contributed by atoms with Crippen molar-refractivity contribution in [3.63, 3.8) is 0 Å². The fourth-order valence-electron chi connectivity index (χ4n) is 3.77. The number of amides is 1. The van der Waals surface area contributed by atoms with Crippen molar-refractivity contribution in [2.24, 2.45) is 0 Å². The molecule has 1 heterocycles. The Morgan fingerprint density at radius 3 is 2.22 bits per heavy atom. The maximum atomic E-state index is 13.6. The van der Waals surface area contributed by atoms with Crippen LogP contribution in [0.4, 0.5) is 4.39 Å². The second-order valence-electron chi connectivity index (χ2n) is 7.43. The summed E-state index contributed by atoms with van der Waals surface area (Å²) in [5.74, 6) is -2.17. The van der Waals surface area contributed by atoms with Crippen LogP contribution in [-0.4, -0.2) is 28.2 Å². The molecule has 1 N–H and O–H groups in total. The first kappa shape index (κ1) is 22.2. The molecule has 3 aromatic rings. The summed E-state index contributed by atoms with van der Waals surface area (Å²) in [5, 5.41) is 11.6. The number of benzene rings is 3. The summed E-state index contributed by atoms with van der Waals surface area (Å²) in [7, 11) is 0. The van der Waals surface area contributed by atoms with Crippen LogP contribution >= 0.6 is 27.5 Å². The average molecular weight is 515 g/mol. The van der Waals surface area contributed by atoms with E-state index >= 15 is 0 Å². The predicted octanol–water partition coefficient (Wildman–Crippen LogP) is 5.91. The monoisotopic (exact) mass is 513 g/mol. The molecule has 1 amide bonds. The minimum atomic E-state index is -0.827. The summed E-state index contributed by atoms with van der Waals surface area (Å²) < 4.78 is 14.4. The summed E-state index contributed by atoms with van der Waals surface area (Å²) in [5.41, 5.74) is 1.89. The number of ketones is 1. The number of halogens is 3. The third kappa shape index (κ3) is 4.47. The zero-order chi connectivity index (χ0) is 22.8. The van der Waals surface area contributed by atoms with Crippen molar-refractivity contribution >= 4 is 45.0 Å². The lowest BCUT2D eigenvalue weighted by Gasteiger charge is -2.25. The highest BCUT2D eigenvalue weighted by atomic mass is 79.9. The van der Waals surface area contributed by atoms with Crippen LogP contribution in [-0.2, 0) is 16.0 Å². The Morgan fingerprint density at radius 1 is 0.969 bits per heavy atom. The first-order chi connectivity index (χ1) is 15.3. The first-order valence-corrected chi connectivity index (χ1v) is 11.1.